The maximum atomic E-state index is 13.3. The van der Waals surface area contributed by atoms with Gasteiger partial charge in [-0.15, -0.1) is 0 Å². The second-order valence-corrected chi connectivity index (χ2v) is 4.03. The lowest BCUT2D eigenvalue weighted by atomic mass is 10.0. The molecular formula is C11H12F3N. The van der Waals surface area contributed by atoms with Crippen LogP contribution in [-0.4, -0.2) is 12.6 Å². The molecule has 82 valence electrons. The van der Waals surface area contributed by atoms with Gasteiger partial charge < -0.3 is 5.32 Å². The predicted molar refractivity (Wildman–Crippen MR) is 51.0 cm³/mol. The number of hydrogen-bond acceptors (Lipinski definition) is 1. The van der Waals surface area contributed by atoms with Crippen LogP contribution in [0.1, 0.15) is 18.4 Å². The zero-order chi connectivity index (χ0) is 11.1. The third kappa shape index (κ3) is 1.86. The lowest BCUT2D eigenvalue weighted by molar-refractivity contribution is 0.456. The number of hydrogen-bond donors (Lipinski definition) is 1. The lowest BCUT2D eigenvalue weighted by Crippen LogP contribution is -2.30. The van der Waals surface area contributed by atoms with Crippen molar-refractivity contribution < 1.29 is 13.2 Å². The van der Waals surface area contributed by atoms with Gasteiger partial charge in [0, 0.05) is 11.1 Å². The first-order valence-electron chi connectivity index (χ1n) is 4.89. The topological polar surface area (TPSA) is 12.0 Å². The highest BCUT2D eigenvalue weighted by molar-refractivity contribution is 5.25. The molecule has 1 aliphatic rings. The third-order valence-corrected chi connectivity index (χ3v) is 3.04. The molecule has 0 unspecified atom stereocenters. The Morgan fingerprint density at radius 1 is 1.20 bits per heavy atom. The van der Waals surface area contributed by atoms with Crippen LogP contribution >= 0.6 is 0 Å². The van der Waals surface area contributed by atoms with E-state index in [1.54, 1.807) is 7.05 Å². The first kappa shape index (κ1) is 10.5. The molecule has 1 aromatic rings. The Morgan fingerprint density at radius 2 is 1.80 bits per heavy atom. The third-order valence-electron chi connectivity index (χ3n) is 3.04. The molecule has 1 nitrogen and oxygen atoms in total. The molecule has 2 rings (SSSR count). The van der Waals surface area contributed by atoms with Gasteiger partial charge in [0.05, 0.1) is 0 Å². The van der Waals surface area contributed by atoms with E-state index in [-0.39, 0.29) is 17.5 Å². The molecule has 0 aliphatic heterocycles. The van der Waals surface area contributed by atoms with Gasteiger partial charge in [-0.25, -0.2) is 13.2 Å². The highest BCUT2D eigenvalue weighted by atomic mass is 19.2. The van der Waals surface area contributed by atoms with Gasteiger partial charge in [-0.3, -0.25) is 0 Å². The molecule has 0 spiro atoms. The van der Waals surface area contributed by atoms with Gasteiger partial charge >= 0.3 is 0 Å². The van der Waals surface area contributed by atoms with Crippen molar-refractivity contribution in [1.29, 1.82) is 0 Å². The molecule has 0 saturated heterocycles. The quantitative estimate of drug-likeness (QED) is 0.763. The fourth-order valence-electron chi connectivity index (χ4n) is 1.74. The number of likely N-dealkylation sites (N-methyl/N-ethyl adjacent to an activating group) is 1. The summed E-state index contributed by atoms with van der Waals surface area (Å²) in [5.41, 5.74) is -0.378. The van der Waals surface area contributed by atoms with Crippen LogP contribution in [0.5, 0.6) is 0 Å². The van der Waals surface area contributed by atoms with Crippen molar-refractivity contribution >= 4 is 0 Å². The van der Waals surface area contributed by atoms with Crippen LogP contribution in [-0.2, 0) is 6.42 Å². The van der Waals surface area contributed by atoms with Crippen LogP contribution in [0.2, 0.25) is 0 Å². The molecule has 1 aliphatic carbocycles. The summed E-state index contributed by atoms with van der Waals surface area (Å²) in [4.78, 5) is 0. The van der Waals surface area contributed by atoms with Gasteiger partial charge in [0.2, 0.25) is 0 Å². The summed E-state index contributed by atoms with van der Waals surface area (Å²) in [5, 5.41) is 3.02. The highest BCUT2D eigenvalue weighted by Crippen LogP contribution is 2.39. The molecule has 0 heterocycles. The van der Waals surface area contributed by atoms with Crippen LogP contribution in [0.4, 0.5) is 13.2 Å². The average Bonchev–Trinajstić information content (AvgIpc) is 3.00. The molecule has 1 saturated carbocycles. The predicted octanol–water partition coefficient (Wildman–Crippen LogP) is 2.40. The van der Waals surface area contributed by atoms with Crippen LogP contribution in [0, 0.1) is 17.5 Å². The highest BCUT2D eigenvalue weighted by Gasteiger charge is 2.42. The maximum absolute atomic E-state index is 13.3. The molecule has 0 aromatic heterocycles. The minimum Gasteiger partial charge on any atom is -0.314 e. The SMILES string of the molecule is CNC1(Cc2c(F)ccc(F)c2F)CC1. The van der Waals surface area contributed by atoms with Crippen LogP contribution in [0.25, 0.3) is 0 Å². The van der Waals surface area contributed by atoms with Gasteiger partial charge in [-0.05, 0) is 38.4 Å². The van der Waals surface area contributed by atoms with E-state index in [1.165, 1.54) is 0 Å². The minimum atomic E-state index is -1.06. The molecule has 0 atom stereocenters. The van der Waals surface area contributed by atoms with Gasteiger partial charge in [0.25, 0.3) is 0 Å². The summed E-state index contributed by atoms with van der Waals surface area (Å²) >= 11 is 0. The Morgan fingerprint density at radius 3 is 2.33 bits per heavy atom. The number of halogens is 3. The minimum absolute atomic E-state index is 0.151. The van der Waals surface area contributed by atoms with Crippen molar-refractivity contribution in [2.45, 2.75) is 24.8 Å². The molecule has 4 heteroatoms. The lowest BCUT2D eigenvalue weighted by Gasteiger charge is -2.15. The summed E-state index contributed by atoms with van der Waals surface area (Å²) in [6, 6.07) is 1.78. The van der Waals surface area contributed by atoms with E-state index in [9.17, 15) is 13.2 Å². The Hall–Kier alpha value is -1.03. The Kier molecular flexibility index (Phi) is 2.46. The van der Waals surface area contributed by atoms with Crippen molar-refractivity contribution in [3.8, 4) is 0 Å². The van der Waals surface area contributed by atoms with Crippen molar-refractivity contribution in [2.24, 2.45) is 0 Å². The fraction of sp³-hybridized carbons (Fsp3) is 0.455. The molecule has 1 fully saturated rings. The smallest absolute Gasteiger partial charge is 0.164 e. The van der Waals surface area contributed by atoms with Crippen molar-refractivity contribution in [3.63, 3.8) is 0 Å². The monoisotopic (exact) mass is 215 g/mol. The molecule has 0 amide bonds. The molecule has 1 aromatic carbocycles. The van der Waals surface area contributed by atoms with E-state index in [1.807, 2.05) is 0 Å². The van der Waals surface area contributed by atoms with E-state index >= 15 is 0 Å². The van der Waals surface area contributed by atoms with Crippen molar-refractivity contribution in [2.75, 3.05) is 7.05 Å². The largest absolute Gasteiger partial charge is 0.314 e. The van der Waals surface area contributed by atoms with Gasteiger partial charge in [0.15, 0.2) is 11.6 Å². The van der Waals surface area contributed by atoms with Gasteiger partial charge in [0.1, 0.15) is 5.82 Å². The second kappa shape index (κ2) is 3.52. The molecule has 1 N–H and O–H groups in total. The summed E-state index contributed by atoms with van der Waals surface area (Å²) in [6.45, 7) is 0. The Bertz CT molecular complexity index is 386. The van der Waals surface area contributed by atoms with E-state index in [4.69, 9.17) is 0 Å². The van der Waals surface area contributed by atoms with Gasteiger partial charge in [-0.1, -0.05) is 0 Å². The number of benzene rings is 1. The standard InChI is InChI=1S/C11H12F3N/c1-15-11(4-5-11)6-7-8(12)2-3-9(13)10(7)14/h2-3,15H,4-6H2,1H3. The summed E-state index contributed by atoms with van der Waals surface area (Å²) < 4.78 is 39.5. The molecule has 15 heavy (non-hydrogen) atoms. The van der Waals surface area contributed by atoms with E-state index in [0.29, 0.717) is 0 Å². The van der Waals surface area contributed by atoms with Crippen molar-refractivity contribution in [1.82, 2.24) is 5.32 Å². The first-order chi connectivity index (χ1) is 7.08. The maximum Gasteiger partial charge on any atom is 0.164 e. The summed E-state index contributed by atoms with van der Waals surface area (Å²) in [7, 11) is 1.75. The Balaban J connectivity index is 2.31. The van der Waals surface area contributed by atoms with Crippen LogP contribution in [0.15, 0.2) is 12.1 Å². The molecular weight excluding hydrogens is 203 g/mol. The molecule has 0 bridgehead atoms. The van der Waals surface area contributed by atoms with Crippen molar-refractivity contribution in [3.05, 3.63) is 35.1 Å². The zero-order valence-corrected chi connectivity index (χ0v) is 8.41. The summed E-state index contributed by atoms with van der Waals surface area (Å²) in [6.07, 6.45) is 1.96. The van der Waals surface area contributed by atoms with E-state index < -0.39 is 17.5 Å². The second-order valence-electron chi connectivity index (χ2n) is 4.03. The Labute approximate surface area is 86.3 Å². The zero-order valence-electron chi connectivity index (χ0n) is 8.41. The van der Waals surface area contributed by atoms with Gasteiger partial charge in [-0.2, -0.15) is 0 Å². The number of rotatable bonds is 3. The fourth-order valence-corrected chi connectivity index (χ4v) is 1.74. The summed E-state index contributed by atoms with van der Waals surface area (Å²) in [5.74, 6) is -2.72. The normalized spacial score (nSPS) is 17.9. The van der Waals surface area contributed by atoms with Crippen LogP contribution in [0.3, 0.4) is 0 Å². The number of nitrogens with one attached hydrogen (secondary N) is 1. The first-order valence-corrected chi connectivity index (χ1v) is 4.89. The molecule has 0 radical (unpaired) electrons. The van der Waals surface area contributed by atoms with E-state index in [2.05, 4.69) is 5.32 Å². The van der Waals surface area contributed by atoms with Crippen LogP contribution < -0.4 is 5.32 Å². The van der Waals surface area contributed by atoms with E-state index in [0.717, 1.165) is 25.0 Å². The average molecular weight is 215 g/mol.